The molecule has 2 heterocycles. The number of hydrogen-bond acceptors (Lipinski definition) is 3. The third kappa shape index (κ3) is 3.14. The molecule has 0 aliphatic heterocycles. The van der Waals surface area contributed by atoms with Gasteiger partial charge in [0.05, 0.1) is 13.1 Å². The number of ketones is 1. The lowest BCUT2D eigenvalue weighted by atomic mass is 10.1. The van der Waals surface area contributed by atoms with E-state index in [2.05, 4.69) is 9.97 Å². The molecule has 23 heavy (non-hydrogen) atoms. The molecule has 0 bridgehead atoms. The Kier molecular flexibility index (Phi) is 4.20. The number of H-pyrrole nitrogens is 1. The summed E-state index contributed by atoms with van der Waals surface area (Å²) in [5.41, 5.74) is 1.50. The molecule has 0 unspecified atom stereocenters. The molecule has 3 aromatic rings. The Morgan fingerprint density at radius 2 is 2.17 bits per heavy atom. The zero-order valence-corrected chi connectivity index (χ0v) is 12.5. The summed E-state index contributed by atoms with van der Waals surface area (Å²) in [5, 5.41) is 0.861. The lowest BCUT2D eigenvalue weighted by Gasteiger charge is -2.16. The number of alkyl halides is 2. The topological polar surface area (TPSA) is 53.9 Å². The van der Waals surface area contributed by atoms with E-state index in [1.807, 2.05) is 24.3 Å². The van der Waals surface area contributed by atoms with E-state index >= 15 is 0 Å². The van der Waals surface area contributed by atoms with Gasteiger partial charge in [-0.3, -0.25) is 14.3 Å². The number of fused-ring (bicyclic) bond motifs is 1. The molecule has 0 aliphatic carbocycles. The molecule has 0 fully saturated rings. The predicted molar refractivity (Wildman–Crippen MR) is 82.4 cm³/mol. The highest BCUT2D eigenvalue weighted by Crippen LogP contribution is 2.19. The van der Waals surface area contributed by atoms with Gasteiger partial charge in [0.25, 0.3) is 0 Å². The van der Waals surface area contributed by atoms with Crippen LogP contribution in [0.1, 0.15) is 22.7 Å². The smallest absolute Gasteiger partial charge is 0.319 e. The zero-order chi connectivity index (χ0) is 16.4. The number of para-hydroxylation sites is 1. The maximum absolute atomic E-state index is 12.8. The maximum Gasteiger partial charge on any atom is 0.319 e. The van der Waals surface area contributed by atoms with Crippen LogP contribution in [-0.4, -0.2) is 38.8 Å². The summed E-state index contributed by atoms with van der Waals surface area (Å²) in [6.45, 7) is -2.34. The van der Waals surface area contributed by atoms with E-state index in [4.69, 9.17) is 0 Å². The molecule has 0 spiro atoms. The Morgan fingerprint density at radius 3 is 2.96 bits per heavy atom. The molecule has 3 rings (SSSR count). The molecule has 0 atom stereocenters. The number of hydrogen-bond donors (Lipinski definition) is 1. The molecular weight excluding hydrogens is 302 g/mol. The number of likely N-dealkylation sites (N-methyl/N-ethyl adjacent to an activating group) is 1. The van der Waals surface area contributed by atoms with Gasteiger partial charge in [-0.05, 0) is 13.1 Å². The maximum atomic E-state index is 12.8. The number of nitrogens with zero attached hydrogens (tertiary/aromatic N) is 3. The first kappa shape index (κ1) is 15.4. The van der Waals surface area contributed by atoms with Crippen LogP contribution in [0.25, 0.3) is 10.9 Å². The number of benzene rings is 1. The minimum atomic E-state index is -2.63. The van der Waals surface area contributed by atoms with E-state index in [-0.39, 0.29) is 24.7 Å². The Hall–Kier alpha value is -2.54. The van der Waals surface area contributed by atoms with Crippen LogP contribution in [0, 0.1) is 0 Å². The molecule has 0 amide bonds. The van der Waals surface area contributed by atoms with E-state index in [1.165, 1.54) is 12.4 Å². The molecule has 5 nitrogen and oxygen atoms in total. The highest BCUT2D eigenvalue weighted by Gasteiger charge is 2.17. The fourth-order valence-electron chi connectivity index (χ4n) is 2.57. The number of aromatic nitrogens is 3. The van der Waals surface area contributed by atoms with Crippen molar-refractivity contribution in [3.05, 3.63) is 54.2 Å². The lowest BCUT2D eigenvalue weighted by molar-refractivity contribution is 0.0644. The van der Waals surface area contributed by atoms with Gasteiger partial charge in [0, 0.05) is 35.1 Å². The number of rotatable bonds is 6. The Morgan fingerprint density at radius 1 is 1.39 bits per heavy atom. The van der Waals surface area contributed by atoms with E-state index < -0.39 is 6.55 Å². The first-order chi connectivity index (χ1) is 11.1. The largest absolute Gasteiger partial charge is 0.360 e. The summed E-state index contributed by atoms with van der Waals surface area (Å²) in [6.07, 6.45) is 4.24. The quantitative estimate of drug-likeness (QED) is 0.711. The summed E-state index contributed by atoms with van der Waals surface area (Å²) in [5.74, 6) is 0.161. The SMILES string of the molecule is CN(CC(=O)c1c[nH]c2ccccc12)Cc1nccn1C(F)F. The van der Waals surface area contributed by atoms with Crippen molar-refractivity contribution in [2.45, 2.75) is 13.1 Å². The number of imidazole rings is 1. The van der Waals surface area contributed by atoms with Crippen LogP contribution >= 0.6 is 0 Å². The number of carbonyl (C=O) groups is 1. The highest BCUT2D eigenvalue weighted by atomic mass is 19.3. The standard InChI is InChI=1S/C16H16F2N4O/c1-21(10-15-19-6-7-22(15)16(17)18)9-14(23)12-8-20-13-5-3-2-4-11(12)13/h2-8,16,20H,9-10H2,1H3. The van der Waals surface area contributed by atoms with Crippen molar-refractivity contribution < 1.29 is 13.6 Å². The fraction of sp³-hybridized carbons (Fsp3) is 0.250. The third-order valence-electron chi connectivity index (χ3n) is 3.67. The monoisotopic (exact) mass is 318 g/mol. The van der Waals surface area contributed by atoms with Crippen LogP contribution in [0.15, 0.2) is 42.9 Å². The second kappa shape index (κ2) is 6.29. The molecule has 120 valence electrons. The van der Waals surface area contributed by atoms with Crippen LogP contribution in [0.3, 0.4) is 0 Å². The molecule has 0 saturated heterocycles. The van der Waals surface area contributed by atoms with Crippen molar-refractivity contribution in [2.24, 2.45) is 0 Å². The second-order valence-electron chi connectivity index (χ2n) is 5.37. The molecule has 0 aliphatic rings. The van der Waals surface area contributed by atoms with E-state index in [0.717, 1.165) is 15.5 Å². The van der Waals surface area contributed by atoms with Crippen LogP contribution in [0.4, 0.5) is 8.78 Å². The number of halogens is 2. The van der Waals surface area contributed by atoms with Gasteiger partial charge in [0.2, 0.25) is 0 Å². The minimum absolute atomic E-state index is 0.0693. The third-order valence-corrected chi connectivity index (χ3v) is 3.67. The van der Waals surface area contributed by atoms with Crippen molar-refractivity contribution in [3.8, 4) is 0 Å². The van der Waals surface area contributed by atoms with Gasteiger partial charge in [0.1, 0.15) is 5.82 Å². The second-order valence-corrected chi connectivity index (χ2v) is 5.37. The van der Waals surface area contributed by atoms with Crippen LogP contribution in [-0.2, 0) is 6.54 Å². The van der Waals surface area contributed by atoms with Gasteiger partial charge in [-0.1, -0.05) is 18.2 Å². The van der Waals surface area contributed by atoms with E-state index in [1.54, 1.807) is 18.1 Å². The van der Waals surface area contributed by atoms with Crippen molar-refractivity contribution >= 4 is 16.7 Å². The van der Waals surface area contributed by atoms with Gasteiger partial charge in [-0.25, -0.2) is 4.98 Å². The van der Waals surface area contributed by atoms with Crippen molar-refractivity contribution in [1.29, 1.82) is 0 Å². The molecule has 7 heteroatoms. The van der Waals surface area contributed by atoms with E-state index in [0.29, 0.717) is 5.56 Å². The molecular formula is C16H16F2N4O. The van der Waals surface area contributed by atoms with Crippen molar-refractivity contribution in [1.82, 2.24) is 19.4 Å². The molecule has 0 radical (unpaired) electrons. The predicted octanol–water partition coefficient (Wildman–Crippen LogP) is 3.07. The summed E-state index contributed by atoms with van der Waals surface area (Å²) in [7, 11) is 1.71. The minimum Gasteiger partial charge on any atom is -0.360 e. The first-order valence-electron chi connectivity index (χ1n) is 7.14. The average molecular weight is 318 g/mol. The zero-order valence-electron chi connectivity index (χ0n) is 12.5. The summed E-state index contributed by atoms with van der Waals surface area (Å²) >= 11 is 0. The molecule has 1 aromatic carbocycles. The number of Topliss-reactive ketones (excluding diaryl/α,β-unsaturated/α-hetero) is 1. The van der Waals surface area contributed by atoms with Crippen LogP contribution in [0.5, 0.6) is 0 Å². The molecule has 1 N–H and O–H groups in total. The summed E-state index contributed by atoms with van der Waals surface area (Å²) in [4.78, 5) is 21.1. The van der Waals surface area contributed by atoms with Gasteiger partial charge in [-0.15, -0.1) is 0 Å². The Labute approximate surface area is 131 Å². The molecule has 2 aromatic heterocycles. The Bertz CT molecular complexity index is 824. The van der Waals surface area contributed by atoms with Crippen LogP contribution < -0.4 is 0 Å². The van der Waals surface area contributed by atoms with Crippen molar-refractivity contribution in [3.63, 3.8) is 0 Å². The average Bonchev–Trinajstić information content (AvgIpc) is 3.13. The summed E-state index contributed by atoms with van der Waals surface area (Å²) < 4.78 is 26.4. The number of nitrogens with one attached hydrogen (secondary N) is 1. The van der Waals surface area contributed by atoms with Crippen molar-refractivity contribution in [2.75, 3.05) is 13.6 Å². The van der Waals surface area contributed by atoms with E-state index in [9.17, 15) is 13.6 Å². The first-order valence-corrected chi connectivity index (χ1v) is 7.14. The van der Waals surface area contributed by atoms with Gasteiger partial charge in [-0.2, -0.15) is 8.78 Å². The number of carbonyl (C=O) groups excluding carboxylic acids is 1. The fourth-order valence-corrected chi connectivity index (χ4v) is 2.57. The normalized spacial score (nSPS) is 11.7. The van der Waals surface area contributed by atoms with Crippen LogP contribution in [0.2, 0.25) is 0 Å². The van der Waals surface area contributed by atoms with Gasteiger partial charge < -0.3 is 4.98 Å². The number of aromatic amines is 1. The molecule has 0 saturated carbocycles. The highest BCUT2D eigenvalue weighted by molar-refractivity contribution is 6.08. The van der Waals surface area contributed by atoms with Gasteiger partial charge in [0.15, 0.2) is 5.78 Å². The Balaban J connectivity index is 1.71. The lowest BCUT2D eigenvalue weighted by Crippen LogP contribution is -2.27. The summed E-state index contributed by atoms with van der Waals surface area (Å²) in [6, 6.07) is 7.54. The van der Waals surface area contributed by atoms with Gasteiger partial charge >= 0.3 is 6.55 Å².